The van der Waals surface area contributed by atoms with E-state index in [1.807, 2.05) is 24.3 Å². The molecule has 2 N–H and O–H groups in total. The van der Waals surface area contributed by atoms with Crippen molar-refractivity contribution in [1.29, 1.82) is 0 Å². The van der Waals surface area contributed by atoms with Crippen molar-refractivity contribution in [3.05, 3.63) is 59.4 Å². The molecule has 2 aliphatic rings. The second-order valence-corrected chi connectivity index (χ2v) is 7.32. The lowest BCUT2D eigenvalue weighted by molar-refractivity contribution is -0.193. The Bertz CT molecular complexity index is 1120. The molecule has 0 radical (unpaired) electrons. The lowest BCUT2D eigenvalue weighted by Gasteiger charge is -2.29. The van der Waals surface area contributed by atoms with E-state index in [9.17, 15) is 31.1 Å². The average Bonchev–Trinajstić information content (AvgIpc) is 2.84. The van der Waals surface area contributed by atoms with E-state index < -0.39 is 24.3 Å². The number of ether oxygens (including phenoxy) is 1. The van der Waals surface area contributed by atoms with Gasteiger partial charge < -0.3 is 19.8 Å². The molecule has 1 amide bonds. The molecule has 1 saturated heterocycles. The Labute approximate surface area is 205 Å². The Morgan fingerprint density at radius 3 is 1.89 bits per heavy atom. The zero-order valence-corrected chi connectivity index (χ0v) is 18.7. The molecule has 0 bridgehead atoms. The molecule has 3 heterocycles. The second kappa shape index (κ2) is 12.3. The molecule has 0 unspecified atom stereocenters. The van der Waals surface area contributed by atoms with E-state index in [2.05, 4.69) is 20.9 Å². The lowest BCUT2D eigenvalue weighted by atomic mass is 9.94. The fraction of sp³-hybridized carbons (Fsp3) is 0.318. The van der Waals surface area contributed by atoms with E-state index >= 15 is 0 Å². The fourth-order valence-corrected chi connectivity index (χ4v) is 3.05. The third kappa shape index (κ3) is 8.86. The first-order valence-corrected chi connectivity index (χ1v) is 10.3. The molecule has 2 aliphatic heterocycles. The van der Waals surface area contributed by atoms with Crippen LogP contribution in [0.4, 0.5) is 32.0 Å². The van der Waals surface area contributed by atoms with Crippen molar-refractivity contribution in [3.63, 3.8) is 0 Å². The van der Waals surface area contributed by atoms with Crippen molar-refractivity contribution < 1.29 is 55.7 Å². The first-order valence-electron chi connectivity index (χ1n) is 10.3. The van der Waals surface area contributed by atoms with Gasteiger partial charge in [-0.05, 0) is 35.4 Å². The molecule has 0 spiro atoms. The van der Waals surface area contributed by atoms with Gasteiger partial charge >= 0.3 is 24.3 Å². The molecule has 37 heavy (non-hydrogen) atoms. The maximum Gasteiger partial charge on any atom is 0.490 e. The molecular formula is C22H19F6N3O6. The highest BCUT2D eigenvalue weighted by atomic mass is 19.4. The molecule has 4 rings (SSSR count). The van der Waals surface area contributed by atoms with Gasteiger partial charge in [-0.2, -0.15) is 26.3 Å². The summed E-state index contributed by atoms with van der Waals surface area (Å²) < 4.78 is 68.9. The number of carbonyl (C=O) groups is 3. The molecular weight excluding hydrogens is 516 g/mol. The standard InChI is InChI=1S/C18H17N3O2.2C2HF3O2/c22-18-16-12-15(21-7-9-23-10-8-21)2-1-14(16)11-17(20-18)13-3-5-19-6-4-13;2*3-2(4,5)1(6)7/h1-6,12H,7-11H2;2*(H,6,7). The number of aromatic nitrogens is 1. The van der Waals surface area contributed by atoms with Crippen molar-refractivity contribution >= 4 is 29.2 Å². The van der Waals surface area contributed by atoms with Gasteiger partial charge in [-0.15, -0.1) is 0 Å². The van der Waals surface area contributed by atoms with Gasteiger partial charge in [0.25, 0.3) is 5.91 Å². The number of carboxylic acid groups (broad SMARTS) is 2. The first kappa shape index (κ1) is 29.2. The molecule has 0 saturated carbocycles. The Hall–Kier alpha value is -4.01. The summed E-state index contributed by atoms with van der Waals surface area (Å²) in [5.74, 6) is -5.67. The maximum atomic E-state index is 12.5. The van der Waals surface area contributed by atoms with Gasteiger partial charge in [0.2, 0.25) is 0 Å². The molecule has 9 nitrogen and oxygen atoms in total. The highest BCUT2D eigenvalue weighted by Crippen LogP contribution is 2.26. The number of halogens is 6. The number of pyridine rings is 1. The summed E-state index contributed by atoms with van der Waals surface area (Å²) in [7, 11) is 0. The molecule has 2 aromatic rings. The molecule has 0 atom stereocenters. The highest BCUT2D eigenvalue weighted by Gasteiger charge is 2.38. The average molecular weight is 535 g/mol. The van der Waals surface area contributed by atoms with Crippen LogP contribution in [0.3, 0.4) is 0 Å². The summed E-state index contributed by atoms with van der Waals surface area (Å²) in [6, 6.07) is 9.88. The molecule has 15 heteroatoms. The van der Waals surface area contributed by atoms with Crippen molar-refractivity contribution in [2.45, 2.75) is 18.8 Å². The molecule has 1 aromatic heterocycles. The van der Waals surface area contributed by atoms with Crippen LogP contribution in [0, 0.1) is 0 Å². The topological polar surface area (TPSA) is 129 Å². The zero-order chi connectivity index (χ0) is 27.8. The number of carboxylic acids is 2. The van der Waals surface area contributed by atoms with Crippen molar-refractivity contribution in [2.24, 2.45) is 4.99 Å². The number of aliphatic carboxylic acids is 2. The van der Waals surface area contributed by atoms with Gasteiger partial charge in [-0.3, -0.25) is 9.78 Å². The van der Waals surface area contributed by atoms with E-state index in [4.69, 9.17) is 24.5 Å². The number of fused-ring (bicyclic) bond motifs is 1. The third-order valence-corrected chi connectivity index (χ3v) is 4.79. The Balaban J connectivity index is 0.000000286. The predicted octanol–water partition coefficient (Wildman–Crippen LogP) is 3.37. The molecule has 1 aromatic carbocycles. The largest absolute Gasteiger partial charge is 0.490 e. The van der Waals surface area contributed by atoms with Gasteiger partial charge in [0.1, 0.15) is 0 Å². The van der Waals surface area contributed by atoms with E-state index in [-0.39, 0.29) is 5.91 Å². The summed E-state index contributed by atoms with van der Waals surface area (Å²) in [4.78, 5) is 40.8. The number of nitrogens with zero attached hydrogens (tertiary/aromatic N) is 3. The number of anilines is 1. The van der Waals surface area contributed by atoms with E-state index in [0.717, 1.165) is 48.8 Å². The summed E-state index contributed by atoms with van der Waals surface area (Å²) in [6.45, 7) is 3.18. The number of hydrogen-bond donors (Lipinski definition) is 2. The molecule has 0 aliphatic carbocycles. The van der Waals surface area contributed by atoms with E-state index in [0.29, 0.717) is 12.0 Å². The van der Waals surface area contributed by atoms with Gasteiger partial charge in [0, 0.05) is 43.2 Å². The minimum Gasteiger partial charge on any atom is -0.475 e. The van der Waals surface area contributed by atoms with Crippen LogP contribution < -0.4 is 4.90 Å². The Morgan fingerprint density at radius 2 is 1.41 bits per heavy atom. The number of rotatable bonds is 2. The number of alkyl halides is 6. The van der Waals surface area contributed by atoms with Crippen LogP contribution in [0.1, 0.15) is 21.5 Å². The van der Waals surface area contributed by atoms with Crippen LogP contribution in [0.15, 0.2) is 47.7 Å². The Kier molecular flexibility index (Phi) is 9.71. The zero-order valence-electron chi connectivity index (χ0n) is 18.7. The first-order chi connectivity index (χ1) is 17.2. The van der Waals surface area contributed by atoms with E-state index in [1.165, 1.54) is 0 Å². The summed E-state index contributed by atoms with van der Waals surface area (Å²) >= 11 is 0. The van der Waals surface area contributed by atoms with Crippen LogP contribution in [0.2, 0.25) is 0 Å². The van der Waals surface area contributed by atoms with Crippen LogP contribution >= 0.6 is 0 Å². The Morgan fingerprint density at radius 1 is 0.892 bits per heavy atom. The van der Waals surface area contributed by atoms with Gasteiger partial charge in [-0.25, -0.2) is 14.6 Å². The van der Waals surface area contributed by atoms with Crippen molar-refractivity contribution in [1.82, 2.24) is 4.98 Å². The summed E-state index contributed by atoms with van der Waals surface area (Å²) in [5.41, 5.74) is 4.59. The highest BCUT2D eigenvalue weighted by molar-refractivity contribution is 6.15. The molecule has 200 valence electrons. The number of aliphatic imine (C=N–C) groups is 1. The normalized spacial score (nSPS) is 15.2. The third-order valence-electron chi connectivity index (χ3n) is 4.79. The fourth-order valence-electron chi connectivity index (χ4n) is 3.05. The van der Waals surface area contributed by atoms with Crippen LogP contribution in [0.25, 0.3) is 0 Å². The number of hydrogen-bond acceptors (Lipinski definition) is 6. The van der Waals surface area contributed by atoms with Crippen LogP contribution in [0.5, 0.6) is 0 Å². The number of carbonyl (C=O) groups excluding carboxylic acids is 1. The predicted molar refractivity (Wildman–Crippen MR) is 116 cm³/mol. The van der Waals surface area contributed by atoms with Crippen LogP contribution in [-0.2, 0) is 20.7 Å². The number of morpholine rings is 1. The molecule has 1 fully saturated rings. The SMILES string of the molecule is O=C(O)C(F)(F)F.O=C(O)C(F)(F)F.O=C1N=C(c2ccncc2)Cc2ccc(N3CCOCC3)cc21. The van der Waals surface area contributed by atoms with Gasteiger partial charge in [0.15, 0.2) is 0 Å². The second-order valence-electron chi connectivity index (χ2n) is 7.32. The minimum atomic E-state index is -5.08. The quantitative estimate of drug-likeness (QED) is 0.561. The monoisotopic (exact) mass is 535 g/mol. The van der Waals surface area contributed by atoms with Crippen LogP contribution in [-0.4, -0.2) is 77.4 Å². The van der Waals surface area contributed by atoms with Crippen molar-refractivity contribution in [3.8, 4) is 0 Å². The number of benzene rings is 1. The number of amides is 1. The summed E-state index contributed by atoms with van der Waals surface area (Å²) in [6.07, 6.45) is -6.05. The van der Waals surface area contributed by atoms with Gasteiger partial charge in [0.05, 0.1) is 18.9 Å². The van der Waals surface area contributed by atoms with Gasteiger partial charge in [-0.1, -0.05) is 6.07 Å². The lowest BCUT2D eigenvalue weighted by Crippen LogP contribution is -2.36. The summed E-state index contributed by atoms with van der Waals surface area (Å²) in [5, 5.41) is 14.2. The van der Waals surface area contributed by atoms with Crippen molar-refractivity contribution in [2.75, 3.05) is 31.2 Å². The maximum absolute atomic E-state index is 12.5. The van der Waals surface area contributed by atoms with E-state index in [1.54, 1.807) is 12.4 Å². The smallest absolute Gasteiger partial charge is 0.475 e. The minimum absolute atomic E-state index is 0.159.